The van der Waals surface area contributed by atoms with Crippen molar-refractivity contribution in [2.75, 3.05) is 18.5 Å². The van der Waals surface area contributed by atoms with Gasteiger partial charge in [0.15, 0.2) is 5.13 Å². The van der Waals surface area contributed by atoms with Crippen LogP contribution in [0.1, 0.15) is 34.5 Å². The van der Waals surface area contributed by atoms with Gasteiger partial charge >= 0.3 is 5.97 Å². The Balaban J connectivity index is 1.63. The average molecular weight is 408 g/mol. The van der Waals surface area contributed by atoms with Crippen molar-refractivity contribution in [3.8, 4) is 17.0 Å². The van der Waals surface area contributed by atoms with Gasteiger partial charge in [-0.25, -0.2) is 9.78 Å². The molecule has 4 rings (SSSR count). The molecule has 0 bridgehead atoms. The van der Waals surface area contributed by atoms with Crippen molar-refractivity contribution in [1.82, 2.24) is 4.98 Å². The lowest BCUT2D eigenvalue weighted by Crippen LogP contribution is -2.26. The number of ether oxygens (including phenoxy) is 2. The van der Waals surface area contributed by atoms with E-state index in [0.717, 1.165) is 28.2 Å². The van der Waals surface area contributed by atoms with Crippen LogP contribution in [0, 0.1) is 0 Å². The molecule has 6 nitrogen and oxygen atoms in total. The van der Waals surface area contributed by atoms with Gasteiger partial charge in [0.05, 0.1) is 24.8 Å². The number of thiazole rings is 1. The molecule has 1 atom stereocenters. The maximum absolute atomic E-state index is 13.0. The number of nitrogens with zero attached hydrogens (tertiary/aromatic N) is 1. The monoisotopic (exact) mass is 408 g/mol. The molecule has 0 saturated heterocycles. The highest BCUT2D eigenvalue weighted by Crippen LogP contribution is 2.36. The van der Waals surface area contributed by atoms with E-state index in [4.69, 9.17) is 9.47 Å². The number of para-hydroxylation sites is 1. The van der Waals surface area contributed by atoms with E-state index >= 15 is 0 Å². The molecule has 1 aromatic heterocycles. The van der Waals surface area contributed by atoms with E-state index < -0.39 is 5.97 Å². The first-order valence-corrected chi connectivity index (χ1v) is 10.2. The maximum Gasteiger partial charge on any atom is 0.350 e. The number of benzene rings is 2. The average Bonchev–Trinajstić information content (AvgIpc) is 3.18. The third-order valence-electron chi connectivity index (χ3n) is 4.64. The zero-order chi connectivity index (χ0) is 20.2. The van der Waals surface area contributed by atoms with Crippen LogP contribution in [0.15, 0.2) is 54.6 Å². The van der Waals surface area contributed by atoms with Crippen molar-refractivity contribution in [2.45, 2.75) is 19.3 Å². The molecule has 2 aromatic carbocycles. The van der Waals surface area contributed by atoms with E-state index in [2.05, 4.69) is 10.3 Å². The van der Waals surface area contributed by atoms with E-state index in [-0.39, 0.29) is 18.4 Å². The Kier molecular flexibility index (Phi) is 5.57. The first kappa shape index (κ1) is 19.1. The molecular formula is C22H20N2O4S. The summed E-state index contributed by atoms with van der Waals surface area (Å²) in [6, 6.07) is 16.9. The van der Waals surface area contributed by atoms with E-state index in [1.165, 1.54) is 0 Å². The van der Waals surface area contributed by atoms with Crippen LogP contribution in [-0.4, -0.2) is 30.1 Å². The first-order chi connectivity index (χ1) is 14.2. The molecule has 0 radical (unpaired) electrons. The zero-order valence-electron chi connectivity index (χ0n) is 15.9. The molecule has 1 aliphatic rings. The van der Waals surface area contributed by atoms with E-state index in [0.29, 0.717) is 28.7 Å². The van der Waals surface area contributed by atoms with Crippen molar-refractivity contribution in [3.05, 3.63) is 65.0 Å². The molecule has 0 saturated carbocycles. The van der Waals surface area contributed by atoms with Crippen molar-refractivity contribution in [1.29, 1.82) is 0 Å². The third-order valence-corrected chi connectivity index (χ3v) is 5.59. The Hall–Kier alpha value is -3.19. The van der Waals surface area contributed by atoms with E-state index in [9.17, 15) is 9.59 Å². The SMILES string of the molecule is CCOC(=O)c1sc(NC(=O)C2CCOc3ccccc32)nc1-c1ccccc1. The molecule has 1 aliphatic heterocycles. The number of carbonyl (C=O) groups excluding carboxylic acids is 2. The Morgan fingerprint density at radius 3 is 2.72 bits per heavy atom. The summed E-state index contributed by atoms with van der Waals surface area (Å²) < 4.78 is 10.8. The second-order valence-corrected chi connectivity index (χ2v) is 7.50. The van der Waals surface area contributed by atoms with Crippen LogP contribution in [0.3, 0.4) is 0 Å². The Labute approximate surface area is 172 Å². The molecule has 148 valence electrons. The number of hydrogen-bond acceptors (Lipinski definition) is 6. The highest BCUT2D eigenvalue weighted by Gasteiger charge is 2.29. The fraction of sp³-hybridized carbons (Fsp3) is 0.227. The summed E-state index contributed by atoms with van der Waals surface area (Å²) in [5, 5.41) is 3.26. The van der Waals surface area contributed by atoms with Crippen LogP contribution in [0.2, 0.25) is 0 Å². The molecule has 1 amide bonds. The topological polar surface area (TPSA) is 77.5 Å². The van der Waals surface area contributed by atoms with Crippen LogP contribution >= 0.6 is 11.3 Å². The second-order valence-electron chi connectivity index (χ2n) is 6.50. The fourth-order valence-electron chi connectivity index (χ4n) is 3.31. The molecule has 2 heterocycles. The lowest BCUT2D eigenvalue weighted by Gasteiger charge is -2.24. The van der Waals surface area contributed by atoms with Gasteiger partial charge in [-0.1, -0.05) is 59.9 Å². The lowest BCUT2D eigenvalue weighted by atomic mass is 9.92. The van der Waals surface area contributed by atoms with Crippen LogP contribution < -0.4 is 10.1 Å². The molecule has 0 spiro atoms. The highest BCUT2D eigenvalue weighted by atomic mass is 32.1. The predicted octanol–water partition coefficient (Wildman–Crippen LogP) is 4.49. The van der Waals surface area contributed by atoms with Gasteiger partial charge < -0.3 is 14.8 Å². The summed E-state index contributed by atoms with van der Waals surface area (Å²) in [4.78, 5) is 30.3. The minimum atomic E-state index is -0.444. The number of esters is 1. The van der Waals surface area contributed by atoms with Gasteiger partial charge in [0.1, 0.15) is 10.6 Å². The molecular weight excluding hydrogens is 388 g/mol. The molecule has 3 aromatic rings. The Bertz CT molecular complexity index is 1030. The first-order valence-electron chi connectivity index (χ1n) is 9.43. The quantitative estimate of drug-likeness (QED) is 0.630. The zero-order valence-corrected chi connectivity index (χ0v) is 16.7. The van der Waals surface area contributed by atoms with Gasteiger partial charge in [0.2, 0.25) is 5.91 Å². The fourth-order valence-corrected chi connectivity index (χ4v) is 4.19. The summed E-state index contributed by atoms with van der Waals surface area (Å²) in [6.07, 6.45) is 0.588. The summed E-state index contributed by atoms with van der Waals surface area (Å²) in [5.74, 6) is -0.199. The molecule has 1 unspecified atom stereocenters. The third kappa shape index (κ3) is 4.00. The van der Waals surface area contributed by atoms with E-state index in [1.807, 2.05) is 54.6 Å². The highest BCUT2D eigenvalue weighted by molar-refractivity contribution is 7.18. The normalized spacial score (nSPS) is 15.1. The van der Waals surface area contributed by atoms with Crippen LogP contribution in [0.25, 0.3) is 11.3 Å². The van der Waals surface area contributed by atoms with Crippen molar-refractivity contribution >= 4 is 28.3 Å². The number of hydrogen-bond donors (Lipinski definition) is 1. The number of anilines is 1. The van der Waals surface area contributed by atoms with Gasteiger partial charge in [-0.2, -0.15) is 0 Å². The largest absolute Gasteiger partial charge is 0.493 e. The number of carbonyl (C=O) groups is 2. The standard InChI is InChI=1S/C22H20N2O4S/c1-2-27-21(26)19-18(14-8-4-3-5-9-14)23-22(29-19)24-20(25)16-12-13-28-17-11-7-6-10-15(16)17/h3-11,16H,2,12-13H2,1H3,(H,23,24,25). The van der Waals surface area contributed by atoms with Gasteiger partial charge in [-0.15, -0.1) is 0 Å². The molecule has 29 heavy (non-hydrogen) atoms. The maximum atomic E-state index is 13.0. The summed E-state index contributed by atoms with van der Waals surface area (Å²) in [5.41, 5.74) is 2.17. The van der Waals surface area contributed by atoms with Crippen LogP contribution in [-0.2, 0) is 9.53 Å². The van der Waals surface area contributed by atoms with Crippen molar-refractivity contribution in [2.24, 2.45) is 0 Å². The summed E-state index contributed by atoms with van der Waals surface area (Å²) in [6.45, 7) is 2.51. The molecule has 0 fully saturated rings. The number of rotatable bonds is 5. The second kappa shape index (κ2) is 8.45. The minimum Gasteiger partial charge on any atom is -0.493 e. The van der Waals surface area contributed by atoms with Gasteiger partial charge in [0.25, 0.3) is 0 Å². The molecule has 7 heteroatoms. The van der Waals surface area contributed by atoms with Gasteiger partial charge in [-0.05, 0) is 19.4 Å². The van der Waals surface area contributed by atoms with Gasteiger partial charge in [0, 0.05) is 11.1 Å². The predicted molar refractivity (Wildman–Crippen MR) is 111 cm³/mol. The number of amides is 1. The number of aromatic nitrogens is 1. The lowest BCUT2D eigenvalue weighted by molar-refractivity contribution is -0.118. The van der Waals surface area contributed by atoms with E-state index in [1.54, 1.807) is 6.92 Å². The number of fused-ring (bicyclic) bond motifs is 1. The Morgan fingerprint density at radius 2 is 1.93 bits per heavy atom. The van der Waals surface area contributed by atoms with Crippen molar-refractivity contribution in [3.63, 3.8) is 0 Å². The summed E-state index contributed by atoms with van der Waals surface area (Å²) >= 11 is 1.13. The van der Waals surface area contributed by atoms with Crippen molar-refractivity contribution < 1.29 is 19.1 Å². The number of nitrogens with one attached hydrogen (secondary N) is 1. The minimum absolute atomic E-state index is 0.162. The van der Waals surface area contributed by atoms with Crippen LogP contribution in [0.5, 0.6) is 5.75 Å². The molecule has 0 aliphatic carbocycles. The smallest absolute Gasteiger partial charge is 0.350 e. The van der Waals surface area contributed by atoms with Gasteiger partial charge in [-0.3, -0.25) is 4.79 Å². The van der Waals surface area contributed by atoms with Crippen LogP contribution in [0.4, 0.5) is 5.13 Å². The summed E-state index contributed by atoms with van der Waals surface area (Å²) in [7, 11) is 0. The Morgan fingerprint density at radius 1 is 1.17 bits per heavy atom. The molecule has 1 N–H and O–H groups in total.